The molecule has 1 unspecified atom stereocenters. The number of aromatic nitrogens is 1. The number of aryl methyl sites for hydroxylation is 1. The first-order chi connectivity index (χ1) is 12.1. The number of anilines is 2. The summed E-state index contributed by atoms with van der Waals surface area (Å²) < 4.78 is 0. The number of hydrogen-bond donors (Lipinski definition) is 2. The van der Waals surface area contributed by atoms with E-state index in [-0.39, 0.29) is 19.3 Å². The number of para-hydroxylation sites is 1. The Balaban J connectivity index is 2.22. The Morgan fingerprint density at radius 1 is 1.04 bits per heavy atom. The zero-order valence-electron chi connectivity index (χ0n) is 13.3. The van der Waals surface area contributed by atoms with Crippen LogP contribution in [0.4, 0.5) is 11.4 Å². The standard InChI is InChI=1S/C18H17Cl3N2O2/c19-13-3-1-4-14(20)18(13)23-11(10-25)6-7-12-16(5-2-8-24)22-9-15(21)17(12)23/h1,3-4,6-7,9,11,24-25H,2,5,8,10H2. The molecule has 2 aromatic rings. The molecule has 25 heavy (non-hydrogen) atoms. The Labute approximate surface area is 161 Å². The Bertz CT molecular complexity index is 791. The molecule has 0 saturated heterocycles. The Kier molecular flexibility index (Phi) is 5.87. The molecular formula is C18H17Cl3N2O2. The summed E-state index contributed by atoms with van der Waals surface area (Å²) in [6.45, 7) is -0.0375. The molecule has 0 radical (unpaired) electrons. The normalized spacial score (nSPS) is 16.2. The monoisotopic (exact) mass is 398 g/mol. The smallest absolute Gasteiger partial charge is 0.0832 e. The molecule has 0 aliphatic carbocycles. The quantitative estimate of drug-likeness (QED) is 0.777. The topological polar surface area (TPSA) is 56.6 Å². The first-order valence-electron chi connectivity index (χ1n) is 7.89. The molecule has 7 heteroatoms. The number of nitrogens with zero attached hydrogens (tertiary/aromatic N) is 2. The van der Waals surface area contributed by atoms with Gasteiger partial charge in [0.05, 0.1) is 39.1 Å². The molecule has 4 nitrogen and oxygen atoms in total. The number of halogens is 3. The van der Waals surface area contributed by atoms with Crippen LogP contribution in [0.3, 0.4) is 0 Å². The number of pyridine rings is 1. The summed E-state index contributed by atoms with van der Waals surface area (Å²) in [5.74, 6) is 0. The minimum Gasteiger partial charge on any atom is -0.396 e. The fourth-order valence-electron chi connectivity index (χ4n) is 2.99. The van der Waals surface area contributed by atoms with Gasteiger partial charge in [0, 0.05) is 24.1 Å². The lowest BCUT2D eigenvalue weighted by Crippen LogP contribution is -2.36. The van der Waals surface area contributed by atoms with Gasteiger partial charge in [-0.15, -0.1) is 0 Å². The maximum Gasteiger partial charge on any atom is 0.0832 e. The van der Waals surface area contributed by atoms with Crippen LogP contribution in [0, 0.1) is 0 Å². The molecule has 1 aromatic carbocycles. The summed E-state index contributed by atoms with van der Waals surface area (Å²) in [6, 6.07) is 4.91. The van der Waals surface area contributed by atoms with Gasteiger partial charge in [0.1, 0.15) is 0 Å². The second kappa shape index (κ2) is 7.94. The summed E-state index contributed by atoms with van der Waals surface area (Å²) in [5, 5.41) is 20.4. The molecule has 0 amide bonds. The van der Waals surface area contributed by atoms with Crippen LogP contribution in [0.2, 0.25) is 15.1 Å². The SMILES string of the molecule is OCCCc1ncc(Cl)c2c1C=CC(CO)N2c1c(Cl)cccc1Cl. The minimum absolute atomic E-state index is 0.0854. The van der Waals surface area contributed by atoms with Gasteiger partial charge in [-0.2, -0.15) is 0 Å². The lowest BCUT2D eigenvalue weighted by Gasteiger charge is -2.37. The molecular weight excluding hydrogens is 383 g/mol. The van der Waals surface area contributed by atoms with Gasteiger partial charge >= 0.3 is 0 Å². The number of rotatable bonds is 5. The largest absolute Gasteiger partial charge is 0.396 e. The van der Waals surface area contributed by atoms with E-state index in [9.17, 15) is 5.11 Å². The predicted molar refractivity (Wildman–Crippen MR) is 103 cm³/mol. The Morgan fingerprint density at radius 2 is 1.76 bits per heavy atom. The number of aliphatic hydroxyl groups is 2. The van der Waals surface area contributed by atoms with Gasteiger partial charge < -0.3 is 15.1 Å². The average Bonchev–Trinajstić information content (AvgIpc) is 2.61. The Morgan fingerprint density at radius 3 is 2.40 bits per heavy atom. The maximum absolute atomic E-state index is 9.86. The van der Waals surface area contributed by atoms with Crippen molar-refractivity contribution in [1.29, 1.82) is 0 Å². The number of fused-ring (bicyclic) bond motifs is 1. The second-order valence-electron chi connectivity index (χ2n) is 5.69. The van der Waals surface area contributed by atoms with Crippen LogP contribution in [0.25, 0.3) is 6.08 Å². The van der Waals surface area contributed by atoms with Gasteiger partial charge in [-0.05, 0) is 25.0 Å². The highest BCUT2D eigenvalue weighted by Crippen LogP contribution is 2.46. The number of aliphatic hydroxyl groups excluding tert-OH is 2. The van der Waals surface area contributed by atoms with Gasteiger partial charge in [0.25, 0.3) is 0 Å². The van der Waals surface area contributed by atoms with E-state index in [1.165, 1.54) is 0 Å². The van der Waals surface area contributed by atoms with Crippen molar-refractivity contribution in [2.75, 3.05) is 18.1 Å². The summed E-state index contributed by atoms with van der Waals surface area (Å²) >= 11 is 19.3. The molecule has 2 N–H and O–H groups in total. The van der Waals surface area contributed by atoms with E-state index in [2.05, 4.69) is 4.98 Å². The van der Waals surface area contributed by atoms with E-state index in [0.29, 0.717) is 39.3 Å². The van der Waals surface area contributed by atoms with Crippen LogP contribution in [0.15, 0.2) is 30.5 Å². The third-order valence-electron chi connectivity index (χ3n) is 4.12. The van der Waals surface area contributed by atoms with Crippen molar-refractivity contribution in [3.05, 3.63) is 56.8 Å². The zero-order chi connectivity index (χ0) is 18.0. The van der Waals surface area contributed by atoms with E-state index in [0.717, 1.165) is 11.3 Å². The van der Waals surface area contributed by atoms with Gasteiger partial charge in [0.2, 0.25) is 0 Å². The maximum atomic E-state index is 9.86. The van der Waals surface area contributed by atoms with E-state index in [1.807, 2.05) is 17.1 Å². The molecule has 0 fully saturated rings. The van der Waals surface area contributed by atoms with Crippen LogP contribution < -0.4 is 4.90 Å². The number of benzene rings is 1. The predicted octanol–water partition coefficient (Wildman–Crippen LogP) is 4.49. The van der Waals surface area contributed by atoms with Gasteiger partial charge in [-0.3, -0.25) is 4.98 Å². The zero-order valence-corrected chi connectivity index (χ0v) is 15.6. The first-order valence-corrected chi connectivity index (χ1v) is 9.02. The molecule has 0 bridgehead atoms. The van der Waals surface area contributed by atoms with E-state index in [1.54, 1.807) is 24.4 Å². The highest BCUT2D eigenvalue weighted by Gasteiger charge is 2.30. The van der Waals surface area contributed by atoms with Gasteiger partial charge in [0.15, 0.2) is 0 Å². The summed E-state index contributed by atoms with van der Waals surface area (Å²) in [5.41, 5.74) is 2.98. The van der Waals surface area contributed by atoms with Crippen LogP contribution in [-0.4, -0.2) is 34.5 Å². The third kappa shape index (κ3) is 3.50. The highest BCUT2D eigenvalue weighted by atomic mass is 35.5. The summed E-state index contributed by atoms with van der Waals surface area (Å²) in [6.07, 6.45) is 6.59. The van der Waals surface area contributed by atoms with E-state index >= 15 is 0 Å². The van der Waals surface area contributed by atoms with Crippen LogP contribution >= 0.6 is 34.8 Å². The molecule has 1 aromatic heterocycles. The molecule has 1 atom stereocenters. The highest BCUT2D eigenvalue weighted by molar-refractivity contribution is 6.40. The van der Waals surface area contributed by atoms with E-state index < -0.39 is 0 Å². The minimum atomic E-state index is -0.351. The van der Waals surface area contributed by atoms with Crippen LogP contribution in [0.5, 0.6) is 0 Å². The third-order valence-corrected chi connectivity index (χ3v) is 5.01. The Hall–Kier alpha value is -1.30. The molecule has 132 valence electrons. The number of hydrogen-bond acceptors (Lipinski definition) is 4. The lowest BCUT2D eigenvalue weighted by atomic mass is 9.99. The first kappa shape index (κ1) is 18.5. The van der Waals surface area contributed by atoms with Crippen LogP contribution in [0.1, 0.15) is 17.7 Å². The van der Waals surface area contributed by atoms with Crippen LogP contribution in [-0.2, 0) is 6.42 Å². The molecule has 2 heterocycles. The lowest BCUT2D eigenvalue weighted by molar-refractivity contribution is 0.283. The molecule has 0 spiro atoms. The second-order valence-corrected chi connectivity index (χ2v) is 6.91. The van der Waals surface area contributed by atoms with Crippen molar-refractivity contribution in [3.8, 4) is 0 Å². The van der Waals surface area contributed by atoms with Crippen molar-refractivity contribution < 1.29 is 10.2 Å². The molecule has 0 saturated carbocycles. The van der Waals surface area contributed by atoms with Gasteiger partial charge in [-0.25, -0.2) is 0 Å². The van der Waals surface area contributed by atoms with E-state index in [4.69, 9.17) is 39.9 Å². The van der Waals surface area contributed by atoms with Crippen molar-refractivity contribution in [3.63, 3.8) is 0 Å². The average molecular weight is 400 g/mol. The van der Waals surface area contributed by atoms with Crippen molar-refractivity contribution >= 4 is 52.3 Å². The van der Waals surface area contributed by atoms with Crippen molar-refractivity contribution in [1.82, 2.24) is 4.98 Å². The molecule has 1 aliphatic heterocycles. The molecule has 1 aliphatic rings. The fraction of sp³-hybridized carbons (Fsp3) is 0.278. The van der Waals surface area contributed by atoms with Crippen molar-refractivity contribution in [2.24, 2.45) is 0 Å². The fourth-order valence-corrected chi connectivity index (χ4v) is 3.82. The molecule has 3 rings (SSSR count). The summed E-state index contributed by atoms with van der Waals surface area (Å²) in [4.78, 5) is 6.26. The summed E-state index contributed by atoms with van der Waals surface area (Å²) in [7, 11) is 0. The van der Waals surface area contributed by atoms with Crippen molar-refractivity contribution in [2.45, 2.75) is 18.9 Å². The van der Waals surface area contributed by atoms with Gasteiger partial charge in [-0.1, -0.05) is 53.0 Å².